The molecule has 1 aliphatic rings. The van der Waals surface area contributed by atoms with Crippen LogP contribution in [0.4, 0.5) is 5.69 Å². The molecule has 3 rings (SSSR count). The first-order chi connectivity index (χ1) is 14.6. The lowest BCUT2D eigenvalue weighted by molar-refractivity contribution is 0.0697. The maximum Gasteiger partial charge on any atom is 0.335 e. The number of aryl methyl sites for hydroxylation is 1. The molecule has 0 fully saturated rings. The summed E-state index contributed by atoms with van der Waals surface area (Å²) < 4.78 is 6.10. The Bertz CT molecular complexity index is 867. The Balaban J connectivity index is 1.67. The van der Waals surface area contributed by atoms with Crippen molar-refractivity contribution in [1.29, 1.82) is 0 Å². The molecule has 2 aromatic carbocycles. The van der Waals surface area contributed by atoms with E-state index in [1.54, 1.807) is 18.2 Å². The lowest BCUT2D eigenvalue weighted by Gasteiger charge is -2.26. The molecule has 1 aliphatic heterocycles. The molecule has 0 aliphatic carbocycles. The third-order valence-corrected chi connectivity index (χ3v) is 5.79. The molecular formula is C25H30ClNO3. The number of unbranched alkanes of at least 4 members (excludes halogenated alkanes) is 2. The molecule has 0 aromatic heterocycles. The molecule has 30 heavy (non-hydrogen) atoms. The average molecular weight is 428 g/mol. The van der Waals surface area contributed by atoms with Gasteiger partial charge in [-0.15, -0.1) is 6.58 Å². The number of nitrogens with zero attached hydrogens (tertiary/aromatic N) is 1. The fourth-order valence-corrected chi connectivity index (χ4v) is 4.17. The van der Waals surface area contributed by atoms with Crippen LogP contribution < -0.4 is 9.64 Å². The monoisotopic (exact) mass is 427 g/mol. The second-order valence-corrected chi connectivity index (χ2v) is 8.35. The molecule has 4 nitrogen and oxygen atoms in total. The van der Waals surface area contributed by atoms with Crippen molar-refractivity contribution in [2.75, 3.05) is 24.6 Å². The molecule has 5 heteroatoms. The van der Waals surface area contributed by atoms with Gasteiger partial charge in [-0.2, -0.15) is 0 Å². The van der Waals surface area contributed by atoms with E-state index in [0.29, 0.717) is 18.1 Å². The molecule has 0 spiro atoms. The van der Waals surface area contributed by atoms with E-state index < -0.39 is 5.97 Å². The van der Waals surface area contributed by atoms with Gasteiger partial charge in [0, 0.05) is 24.0 Å². The zero-order chi connectivity index (χ0) is 21.3. The van der Waals surface area contributed by atoms with Gasteiger partial charge >= 0.3 is 5.97 Å². The van der Waals surface area contributed by atoms with Crippen LogP contribution in [0, 0.1) is 5.92 Å². The van der Waals surface area contributed by atoms with Crippen molar-refractivity contribution < 1.29 is 14.6 Å². The zero-order valence-electron chi connectivity index (χ0n) is 17.4. The summed E-state index contributed by atoms with van der Waals surface area (Å²) in [6.45, 7) is 6.21. The summed E-state index contributed by atoms with van der Waals surface area (Å²) >= 11 is 6.10. The van der Waals surface area contributed by atoms with Crippen molar-refractivity contribution in [3.8, 4) is 5.75 Å². The van der Waals surface area contributed by atoms with Crippen LogP contribution in [0.15, 0.2) is 55.1 Å². The Morgan fingerprint density at radius 3 is 2.87 bits per heavy atom. The summed E-state index contributed by atoms with van der Waals surface area (Å²) in [6, 6.07) is 13.2. The highest BCUT2D eigenvalue weighted by Crippen LogP contribution is 2.34. The van der Waals surface area contributed by atoms with Gasteiger partial charge in [0.25, 0.3) is 0 Å². The molecular weight excluding hydrogens is 398 g/mol. The Hall–Kier alpha value is -2.46. The first-order valence-corrected chi connectivity index (χ1v) is 11.0. The summed E-state index contributed by atoms with van der Waals surface area (Å²) in [5, 5.41) is 10.2. The van der Waals surface area contributed by atoms with Crippen LogP contribution in [0.3, 0.4) is 0 Å². The van der Waals surface area contributed by atoms with Crippen molar-refractivity contribution >= 4 is 23.3 Å². The predicted octanol–water partition coefficient (Wildman–Crippen LogP) is 6.23. The number of halogens is 1. The van der Waals surface area contributed by atoms with E-state index in [1.165, 1.54) is 5.56 Å². The lowest BCUT2D eigenvalue weighted by Crippen LogP contribution is -2.31. The molecule has 1 N–H and O–H groups in total. The van der Waals surface area contributed by atoms with Gasteiger partial charge < -0.3 is 14.7 Å². The number of anilines is 1. The summed E-state index contributed by atoms with van der Waals surface area (Å²) in [7, 11) is 0. The largest absolute Gasteiger partial charge is 0.491 e. The molecule has 160 valence electrons. The Kier molecular flexibility index (Phi) is 8.21. The number of fused-ring (bicyclic) bond motifs is 1. The third-order valence-electron chi connectivity index (χ3n) is 5.55. The summed E-state index contributed by atoms with van der Waals surface area (Å²) in [4.78, 5) is 13.8. The maximum atomic E-state index is 11.5. The van der Waals surface area contributed by atoms with Crippen LogP contribution in [0.5, 0.6) is 5.75 Å². The third kappa shape index (κ3) is 6.27. The number of benzene rings is 2. The van der Waals surface area contributed by atoms with Gasteiger partial charge in [0.15, 0.2) is 0 Å². The fourth-order valence-electron chi connectivity index (χ4n) is 3.95. The lowest BCUT2D eigenvalue weighted by atomic mass is 9.99. The van der Waals surface area contributed by atoms with E-state index in [4.69, 9.17) is 16.3 Å². The number of hydrogen-bond acceptors (Lipinski definition) is 3. The second-order valence-electron chi connectivity index (χ2n) is 7.92. The predicted molar refractivity (Wildman–Crippen MR) is 123 cm³/mol. The molecule has 1 atom stereocenters. The normalized spacial score (nSPS) is 15.8. The van der Waals surface area contributed by atoms with Gasteiger partial charge in [-0.05, 0) is 74.4 Å². The quantitative estimate of drug-likeness (QED) is 0.360. The highest BCUT2D eigenvalue weighted by Gasteiger charge is 2.24. The number of hydrogen-bond donors (Lipinski definition) is 1. The summed E-state index contributed by atoms with van der Waals surface area (Å²) in [5.74, 6) is 0.261. The van der Waals surface area contributed by atoms with Crippen LogP contribution in [0.1, 0.15) is 48.0 Å². The van der Waals surface area contributed by atoms with Crippen LogP contribution in [-0.4, -0.2) is 30.8 Å². The number of allylic oxidation sites excluding steroid dienone is 1. The number of carbonyl (C=O) groups is 1. The minimum Gasteiger partial charge on any atom is -0.491 e. The fraction of sp³-hybridized carbons (Fsp3) is 0.400. The Labute approximate surface area is 184 Å². The summed E-state index contributed by atoms with van der Waals surface area (Å²) in [5.41, 5.74) is 2.45. The van der Waals surface area contributed by atoms with Crippen molar-refractivity contribution in [3.05, 3.63) is 71.3 Å². The molecule has 0 saturated carbocycles. The van der Waals surface area contributed by atoms with E-state index in [9.17, 15) is 9.90 Å². The molecule has 0 bridgehead atoms. The first kappa shape index (κ1) is 22.2. The number of aromatic carboxylic acids is 1. The van der Waals surface area contributed by atoms with Crippen LogP contribution in [-0.2, 0) is 6.42 Å². The van der Waals surface area contributed by atoms with Crippen LogP contribution >= 0.6 is 11.6 Å². The molecule has 0 saturated heterocycles. The van der Waals surface area contributed by atoms with Crippen LogP contribution in [0.2, 0.25) is 5.02 Å². The van der Waals surface area contributed by atoms with Crippen molar-refractivity contribution in [2.45, 2.75) is 38.5 Å². The second kappa shape index (κ2) is 11.1. The van der Waals surface area contributed by atoms with Gasteiger partial charge in [-0.3, -0.25) is 0 Å². The van der Waals surface area contributed by atoms with E-state index in [1.807, 2.05) is 24.3 Å². The number of carboxylic acids is 1. The van der Waals surface area contributed by atoms with E-state index in [-0.39, 0.29) is 0 Å². The van der Waals surface area contributed by atoms with Gasteiger partial charge in [0.2, 0.25) is 0 Å². The minimum absolute atomic E-state index is 0.299. The molecule has 0 radical (unpaired) electrons. The highest BCUT2D eigenvalue weighted by atomic mass is 35.5. The van der Waals surface area contributed by atoms with Gasteiger partial charge in [0.1, 0.15) is 5.75 Å². The van der Waals surface area contributed by atoms with Gasteiger partial charge in [0.05, 0.1) is 17.9 Å². The van der Waals surface area contributed by atoms with Crippen molar-refractivity contribution in [1.82, 2.24) is 0 Å². The van der Waals surface area contributed by atoms with E-state index >= 15 is 0 Å². The van der Waals surface area contributed by atoms with Crippen LogP contribution in [0.25, 0.3) is 0 Å². The molecule has 1 unspecified atom stereocenters. The standard InChI is InChI=1S/C25H30ClNO3/c1-2-3-4-5-14-27-17-20(10-6-8-19-9-7-11-22(26)15-19)18-30-24-13-12-21(25(28)29)16-23(24)27/h2,7,9,11-13,15-16,20H,1,3-6,8,10,14,17-18H2,(H,28,29). The average Bonchev–Trinajstić information content (AvgIpc) is 2.90. The van der Waals surface area contributed by atoms with Crippen molar-refractivity contribution in [3.63, 3.8) is 0 Å². The van der Waals surface area contributed by atoms with Gasteiger partial charge in [-0.1, -0.05) is 29.8 Å². The number of ether oxygens (including phenoxy) is 1. The number of rotatable bonds is 10. The Morgan fingerprint density at radius 1 is 1.23 bits per heavy atom. The van der Waals surface area contributed by atoms with E-state index in [0.717, 1.165) is 68.1 Å². The Morgan fingerprint density at radius 2 is 2.10 bits per heavy atom. The van der Waals surface area contributed by atoms with Crippen molar-refractivity contribution in [2.24, 2.45) is 5.92 Å². The highest BCUT2D eigenvalue weighted by molar-refractivity contribution is 6.30. The first-order valence-electron chi connectivity index (χ1n) is 10.7. The molecule has 1 heterocycles. The maximum absolute atomic E-state index is 11.5. The number of carboxylic acid groups (broad SMARTS) is 1. The zero-order valence-corrected chi connectivity index (χ0v) is 18.1. The summed E-state index contributed by atoms with van der Waals surface area (Å²) in [6.07, 6.45) is 8.17. The topological polar surface area (TPSA) is 49.8 Å². The molecule has 0 amide bonds. The van der Waals surface area contributed by atoms with E-state index in [2.05, 4.69) is 17.5 Å². The smallest absolute Gasteiger partial charge is 0.335 e. The SMILES string of the molecule is C=CCCCCN1CC(CCCc2cccc(Cl)c2)COc2ccc(C(=O)O)cc21. The van der Waals surface area contributed by atoms with Gasteiger partial charge in [-0.25, -0.2) is 4.79 Å². The molecule has 2 aromatic rings. The minimum atomic E-state index is -0.910.